The third-order valence-electron chi connectivity index (χ3n) is 29.2. The van der Waals surface area contributed by atoms with Crippen molar-refractivity contribution in [3.8, 4) is 0 Å². The van der Waals surface area contributed by atoms with Gasteiger partial charge in [0.25, 0.3) is 0 Å². The predicted molar refractivity (Wildman–Crippen MR) is 526 cm³/mol. The largest absolute Gasteiger partial charge is 0.603 e. The summed E-state index contributed by atoms with van der Waals surface area (Å²) in [6, 6.07) is 31.6. The Kier molecular flexibility index (Phi) is 36.9. The molecule has 0 N–H and O–H groups in total. The summed E-state index contributed by atoms with van der Waals surface area (Å²) in [6.07, 6.45) is -42.1. The molecule has 31 rings (SSSR count). The molecule has 47 heteroatoms. The molecule has 4 aromatic carbocycles. The van der Waals surface area contributed by atoms with Crippen molar-refractivity contribution in [1.82, 2.24) is 18.3 Å². The number of benzene rings is 4. The van der Waals surface area contributed by atoms with E-state index in [4.69, 9.17) is 200 Å². The summed E-state index contributed by atoms with van der Waals surface area (Å²) in [5.74, 6) is 2.14. The zero-order valence-corrected chi connectivity index (χ0v) is 89.1. The molecule has 46 nitrogen and oxygen atoms in total. The first kappa shape index (κ1) is 111. The van der Waals surface area contributed by atoms with Gasteiger partial charge < -0.3 is 180 Å². The summed E-state index contributed by atoms with van der Waals surface area (Å²) >= 11 is 0. The van der Waals surface area contributed by atoms with Crippen molar-refractivity contribution in [3.05, 3.63) is 130 Å². The third-order valence-corrected chi connectivity index (χ3v) is 32.3. The van der Waals surface area contributed by atoms with E-state index in [0.717, 1.165) is 22.3 Å². The van der Waals surface area contributed by atoms with Crippen LogP contribution in [-0.4, -0.2) is 501 Å². The minimum Gasteiger partial charge on any atom is -0.382 e. The van der Waals surface area contributed by atoms with Gasteiger partial charge in [-0.15, -0.1) is 0 Å². The normalized spacial score (nSPS) is 36.8. The molecule has 21 fully saturated rings. The Bertz CT molecular complexity index is 5480. The smallest absolute Gasteiger partial charge is 0.382 e. The number of likely N-dealkylation sites (N-methyl/N-ethyl adjacent to an activating group) is 2. The van der Waals surface area contributed by atoms with E-state index >= 15 is 0 Å². The molecule has 148 heavy (non-hydrogen) atoms. The predicted octanol–water partition coefficient (Wildman–Crippen LogP) is 2.77. The zero-order chi connectivity index (χ0) is 104. The lowest BCUT2D eigenvalue weighted by atomic mass is 9.94. The lowest BCUT2D eigenvalue weighted by molar-refractivity contribution is -0.402. The first-order valence-electron chi connectivity index (χ1n) is 49.5. The van der Waals surface area contributed by atoms with Crippen LogP contribution in [0.15, 0.2) is 127 Å². The van der Waals surface area contributed by atoms with Gasteiger partial charge in [-0.05, 0) is 28.2 Å². The van der Waals surface area contributed by atoms with Crippen molar-refractivity contribution < 1.29 is 170 Å². The maximum absolute atomic E-state index is 8.65. The first-order chi connectivity index (χ1) is 72.1. The second-order valence-corrected chi connectivity index (χ2v) is 40.8. The number of hydrogen-bond donors (Lipinski definition) is 0. The Morgan fingerprint density at radius 2 is 0.459 bits per heavy atom. The van der Waals surface area contributed by atoms with Crippen LogP contribution in [0.5, 0.6) is 0 Å². The number of aliphatic imine (C=N–C) groups is 4. The quantitative estimate of drug-likeness (QED) is 0.0516. The summed E-state index contributed by atoms with van der Waals surface area (Å²) in [7, 11) is 33.0. The molecule has 0 spiro atoms. The van der Waals surface area contributed by atoms with Gasteiger partial charge in [-0.1, -0.05) is 97.1 Å². The second kappa shape index (κ2) is 49.4. The highest BCUT2D eigenvalue weighted by molar-refractivity contribution is 6.66. The average Bonchev–Trinajstić information content (AvgIpc) is 1.53. The molecule has 0 saturated carbocycles. The van der Waals surface area contributed by atoms with E-state index in [1.54, 1.807) is 0 Å². The summed E-state index contributed by atoms with van der Waals surface area (Å²) in [5.41, 5.74) is 3.59. The minimum atomic E-state index is -5.29. The van der Waals surface area contributed by atoms with Gasteiger partial charge in [0.15, 0.2) is 67.4 Å². The molecule has 21 saturated heterocycles. The number of amidine groups is 4. The molecule has 25 aliphatic rings. The molecule has 1 unspecified atom stereocenters. The fourth-order valence-electron chi connectivity index (χ4n) is 22.7. The average molecular weight is 2100 g/mol. The molecule has 816 valence electrons. The number of fused-ring (bicyclic) bond motifs is 14. The lowest BCUT2D eigenvalue weighted by Crippen LogP contribution is -2.70. The molecule has 36 atom stereocenters. The maximum atomic E-state index is 8.65. The van der Waals surface area contributed by atoms with Gasteiger partial charge in [-0.3, -0.25) is 8.47 Å². The molecular weight excluding hydrogens is 1960 g/mol. The van der Waals surface area contributed by atoms with Gasteiger partial charge >= 0.3 is 8.88 Å². The Morgan fingerprint density at radius 1 is 0.250 bits per heavy atom. The molecule has 0 radical (unpaired) electrons. The molecule has 25 aliphatic heterocycles. The van der Waals surface area contributed by atoms with E-state index in [0.29, 0.717) is 80.6 Å². The fourth-order valence-corrected chi connectivity index (χ4v) is 26.2. The highest BCUT2D eigenvalue weighted by Gasteiger charge is 2.65. The van der Waals surface area contributed by atoms with Gasteiger partial charge in [-0.25, -0.2) is 30.0 Å². The Hall–Kier alpha value is -7.06. The molecule has 6 aromatic rings. The number of hydrogen-bond acceptors (Lipinski definition) is 44. The van der Waals surface area contributed by atoms with E-state index in [1.165, 1.54) is 142 Å². The Balaban J connectivity index is 0.823. The van der Waals surface area contributed by atoms with Crippen LogP contribution >= 0.6 is 0 Å². The van der Waals surface area contributed by atoms with Crippen molar-refractivity contribution in [2.45, 2.75) is 221 Å². The topological polar surface area (TPSA) is 423 Å². The lowest BCUT2D eigenvalue weighted by Gasteiger charge is -2.52. The van der Waals surface area contributed by atoms with Crippen LogP contribution < -0.4 is 11.0 Å². The Morgan fingerprint density at radius 3 is 0.676 bits per heavy atom. The number of ether oxygens (including phenoxy) is 34. The van der Waals surface area contributed by atoms with Crippen molar-refractivity contribution in [1.29, 1.82) is 0 Å². The number of methoxy groups -OCH3 is 20. The Labute approximate surface area is 860 Å². The van der Waals surface area contributed by atoms with Crippen LogP contribution in [0.3, 0.4) is 0 Å². The van der Waals surface area contributed by atoms with Crippen LogP contribution in [0.1, 0.15) is 22.3 Å². The minimum absolute atomic E-state index is 0.0796. The van der Waals surface area contributed by atoms with E-state index < -0.39 is 237 Å². The summed E-state index contributed by atoms with van der Waals surface area (Å²) in [5, 5.41) is 2.61. The van der Waals surface area contributed by atoms with Crippen molar-refractivity contribution in [2.75, 3.05) is 230 Å². The number of rotatable bonds is 35. The fraction of sp³-hybridized carbons (Fsp3) is 0.683. The summed E-state index contributed by atoms with van der Waals surface area (Å²) < 4.78 is 252. The third kappa shape index (κ3) is 21.1. The molecule has 27 heterocycles. The highest BCUT2D eigenvalue weighted by Crippen LogP contribution is 2.49. The highest BCUT2D eigenvalue weighted by atomic mass is 28.4. The van der Waals surface area contributed by atoms with Crippen LogP contribution in [0, 0.1) is 0 Å². The number of nitrogens with zero attached hydrogens (tertiary/aromatic N) is 10. The zero-order valence-electron chi connectivity index (χ0n) is 88.1. The van der Waals surface area contributed by atoms with Gasteiger partial charge in [0.05, 0.1) is 52.4 Å². The van der Waals surface area contributed by atoms with E-state index in [2.05, 4.69) is 9.80 Å². The van der Waals surface area contributed by atoms with Crippen molar-refractivity contribution >= 4 is 65.4 Å². The molecule has 2 aromatic heterocycles. The van der Waals surface area contributed by atoms with E-state index in [-0.39, 0.29) is 39.6 Å². The first-order valence-corrected chi connectivity index (χ1v) is 51.2. The monoisotopic (exact) mass is 2100 g/mol. The molecule has 20 bridgehead atoms. The molecular formula is C101H142N10O36Si. The van der Waals surface area contributed by atoms with Crippen LogP contribution in [0.4, 0.5) is 11.6 Å². The van der Waals surface area contributed by atoms with E-state index in [1.807, 2.05) is 134 Å². The number of aromatic nitrogens is 2. The van der Waals surface area contributed by atoms with Crippen molar-refractivity contribution in [2.24, 2.45) is 30.0 Å². The van der Waals surface area contributed by atoms with Gasteiger partial charge in [0.2, 0.25) is 0 Å². The molecule has 0 aliphatic carbocycles. The SMILES string of the molecule is COC[C@H]1O[C@@H]2O[C@H]3[C@H](OC)[C@@H](OC)[C@@H](O[C@H]4[C@H](OC)[C@@H](OC)[C@@H](O[C@H]5[C@H](OC)[C@@H](OC)[C@@H](O[C@H]6[C@H](OC)[C@@H](OC)[C@@H](O[C@H]7[C@H](OC)[C@@H](OC)[C@@H](O[C@H]8[C@H](OC)[C@@H](OC)[C@@H](O[C@H]1[C@H](OC)[C@H]2OC)O[C@@H]8COC)O[C@@H]7COC)O[C@@H]6COC)O[C@@H]5CO[Si]1(OC(CN(C)C)CN(C)C)n2c5c6ccccc6c2N=C2N=C(N=c6c7ccccc7c(n61)=NC1=NC(=N5)c5ccccc51)c1ccccc12)O[C@@H]4COC)O[C@@H]3COC. The van der Waals surface area contributed by atoms with Gasteiger partial charge in [0.1, 0.15) is 194 Å². The van der Waals surface area contributed by atoms with Crippen LogP contribution in [0.25, 0.3) is 21.5 Å². The summed E-state index contributed by atoms with van der Waals surface area (Å²) in [4.78, 5) is 38.2. The van der Waals surface area contributed by atoms with Gasteiger partial charge in [0, 0.05) is 199 Å². The molecule has 0 amide bonds. The standard InChI is InChI=1S/C101H142N10O36Si/c1-108(2)41-50(42-109(3)4)147-148(110-91-55-37-29-30-38-56(55)93(110)106-89-53-35-27-28-36-54(53)90(103-89)107-94-58-40-32-31-39-57(58)92(111(94)148)105-88-52-34-26-25-33-51(52)87(102-88)104-91)132-49-65-72-79(124-17)86(131-24)101(139-65)145-71-64(48-117-10)137-99(84(129-22)78(71)123-16)143-69-62(46-115-8)135-97(82(127-20)76(69)121-14)141-67-60(44-113-6)133-95(80(125-18)74(67)119-12)140-66-59(43-112-5)134-96(81(126-19)73(66)118-11)142-68-61(45-114-7)136-98(83(128-21)75(68)120-13)144-70-63(47-116-9)138-100(146-72)85(130-23)77(70)122-15/h25-40,50,59-86,95-101H,41-49H2,1-24H3/t59-,60-,61-,62-,63-,64-,65-,66-,67-,68-,69-,70-,71-,72-,73+,74+,75+,76+,77+,78+,79+,80-,81-,82-,83-,84-,85-,86-,95-,96-,97-,98-,99-,100-,101-,148?/m1/s1. The maximum Gasteiger partial charge on any atom is 0.603 e. The summed E-state index contributed by atoms with van der Waals surface area (Å²) in [6.45, 7) is -0.584. The van der Waals surface area contributed by atoms with Crippen molar-refractivity contribution in [3.63, 3.8) is 0 Å². The van der Waals surface area contributed by atoms with E-state index in [9.17, 15) is 0 Å². The second-order valence-electron chi connectivity index (χ2n) is 38.3. The van der Waals surface area contributed by atoms with Crippen LogP contribution in [0.2, 0.25) is 0 Å². The van der Waals surface area contributed by atoms with Gasteiger partial charge in [-0.2, -0.15) is 0 Å². The van der Waals surface area contributed by atoms with Crippen LogP contribution in [-0.2, 0) is 170 Å².